The summed E-state index contributed by atoms with van der Waals surface area (Å²) >= 11 is 7.25. The Morgan fingerprint density at radius 3 is 3.06 bits per heavy atom. The fourth-order valence-electron chi connectivity index (χ4n) is 1.42. The summed E-state index contributed by atoms with van der Waals surface area (Å²) in [6, 6.07) is 3.66. The van der Waals surface area contributed by atoms with Crippen molar-refractivity contribution >= 4 is 34.6 Å². The molecular formula is C10H11ClN2O3S. The molecule has 2 rings (SSSR count). The van der Waals surface area contributed by atoms with Gasteiger partial charge in [0.05, 0.1) is 16.3 Å². The van der Waals surface area contributed by atoms with Gasteiger partial charge in [0.25, 0.3) is 5.91 Å². The molecule has 0 unspecified atom stereocenters. The third-order valence-electron chi connectivity index (χ3n) is 2.39. The molecule has 0 fully saturated rings. The molecule has 0 aromatic carbocycles. The molecule has 0 saturated carbocycles. The van der Waals surface area contributed by atoms with Crippen LogP contribution in [0.4, 0.5) is 0 Å². The lowest BCUT2D eigenvalue weighted by Gasteiger charge is -2.16. The van der Waals surface area contributed by atoms with E-state index in [-0.39, 0.29) is 5.91 Å². The number of hydrogen-bond acceptors (Lipinski definition) is 5. The van der Waals surface area contributed by atoms with E-state index in [1.54, 1.807) is 6.07 Å². The van der Waals surface area contributed by atoms with Crippen molar-refractivity contribution in [1.82, 2.24) is 5.06 Å². The van der Waals surface area contributed by atoms with Crippen molar-refractivity contribution in [3.05, 3.63) is 21.3 Å². The molecule has 1 aromatic heterocycles. The SMILES string of the molecule is CON(C)C(=O)[C@@H]1CC(c2ccc(Cl)s2)=NO1. The Labute approximate surface area is 108 Å². The van der Waals surface area contributed by atoms with Crippen molar-refractivity contribution in [2.45, 2.75) is 12.5 Å². The summed E-state index contributed by atoms with van der Waals surface area (Å²) in [5, 5.41) is 5.03. The third-order valence-corrected chi connectivity index (χ3v) is 3.67. The molecule has 1 aliphatic heterocycles. The summed E-state index contributed by atoms with van der Waals surface area (Å²) in [6.45, 7) is 0. The molecule has 1 aliphatic rings. The fraction of sp³-hybridized carbons (Fsp3) is 0.400. The van der Waals surface area contributed by atoms with Crippen molar-refractivity contribution in [2.24, 2.45) is 5.16 Å². The van der Waals surface area contributed by atoms with Gasteiger partial charge in [-0.25, -0.2) is 5.06 Å². The van der Waals surface area contributed by atoms with Gasteiger partial charge in [0.1, 0.15) is 5.71 Å². The van der Waals surface area contributed by atoms with Crippen LogP contribution in [-0.4, -0.2) is 36.9 Å². The van der Waals surface area contributed by atoms with E-state index in [0.29, 0.717) is 10.8 Å². The minimum absolute atomic E-state index is 0.256. The molecule has 0 aliphatic carbocycles. The number of likely N-dealkylation sites (N-methyl/N-ethyl adjacent to an activating group) is 1. The van der Waals surface area contributed by atoms with Crippen LogP contribution in [0.3, 0.4) is 0 Å². The lowest BCUT2D eigenvalue weighted by atomic mass is 10.1. The first kappa shape index (κ1) is 12.3. The molecule has 0 spiro atoms. The zero-order valence-corrected chi connectivity index (χ0v) is 10.9. The van der Waals surface area contributed by atoms with Crippen LogP contribution in [0.5, 0.6) is 0 Å². The molecule has 1 amide bonds. The topological polar surface area (TPSA) is 51.1 Å². The van der Waals surface area contributed by atoms with E-state index >= 15 is 0 Å². The molecule has 17 heavy (non-hydrogen) atoms. The number of carbonyl (C=O) groups excluding carboxylic acids is 1. The molecular weight excluding hydrogens is 264 g/mol. The first-order valence-corrected chi connectivity index (χ1v) is 6.11. The maximum atomic E-state index is 11.7. The van der Waals surface area contributed by atoms with Gasteiger partial charge in [0.15, 0.2) is 0 Å². The summed E-state index contributed by atoms with van der Waals surface area (Å²) in [5.74, 6) is -0.256. The maximum absolute atomic E-state index is 11.7. The molecule has 7 heteroatoms. The Morgan fingerprint density at radius 1 is 1.71 bits per heavy atom. The zero-order valence-electron chi connectivity index (χ0n) is 9.34. The first-order chi connectivity index (χ1) is 8.11. The number of hydrogen-bond donors (Lipinski definition) is 0. The molecule has 5 nitrogen and oxygen atoms in total. The molecule has 0 bridgehead atoms. The van der Waals surface area contributed by atoms with E-state index in [9.17, 15) is 4.79 Å². The highest BCUT2D eigenvalue weighted by molar-refractivity contribution is 7.18. The number of thiophene rings is 1. The van der Waals surface area contributed by atoms with Crippen LogP contribution < -0.4 is 0 Å². The molecule has 1 atom stereocenters. The number of carbonyl (C=O) groups is 1. The van der Waals surface area contributed by atoms with Crippen LogP contribution in [0, 0.1) is 0 Å². The van der Waals surface area contributed by atoms with Gasteiger partial charge in [-0.15, -0.1) is 11.3 Å². The Balaban J connectivity index is 2.02. The minimum Gasteiger partial charge on any atom is -0.382 e. The van der Waals surface area contributed by atoms with Crippen molar-refractivity contribution in [3.63, 3.8) is 0 Å². The van der Waals surface area contributed by atoms with Crippen LogP contribution in [0.15, 0.2) is 17.3 Å². The lowest BCUT2D eigenvalue weighted by molar-refractivity contribution is -0.179. The van der Waals surface area contributed by atoms with Crippen molar-refractivity contribution in [2.75, 3.05) is 14.2 Å². The fourth-order valence-corrected chi connectivity index (χ4v) is 2.45. The first-order valence-electron chi connectivity index (χ1n) is 4.92. The van der Waals surface area contributed by atoms with E-state index in [4.69, 9.17) is 21.3 Å². The normalized spacial score (nSPS) is 18.8. The van der Waals surface area contributed by atoms with Gasteiger partial charge in [-0.3, -0.25) is 9.63 Å². The van der Waals surface area contributed by atoms with Gasteiger partial charge >= 0.3 is 0 Å². The second-order valence-corrected chi connectivity index (χ2v) is 5.17. The summed E-state index contributed by atoms with van der Waals surface area (Å²) in [4.78, 5) is 22.6. The van der Waals surface area contributed by atoms with E-state index in [0.717, 1.165) is 15.7 Å². The monoisotopic (exact) mass is 274 g/mol. The van der Waals surface area contributed by atoms with Gasteiger partial charge < -0.3 is 4.84 Å². The smallest absolute Gasteiger partial charge is 0.290 e. The van der Waals surface area contributed by atoms with Crippen LogP contribution in [0.25, 0.3) is 0 Å². The summed E-state index contributed by atoms with van der Waals surface area (Å²) < 4.78 is 0.687. The summed E-state index contributed by atoms with van der Waals surface area (Å²) in [7, 11) is 2.96. The number of halogens is 1. The van der Waals surface area contributed by atoms with Gasteiger partial charge in [-0.05, 0) is 12.1 Å². The second-order valence-electron chi connectivity index (χ2n) is 3.46. The lowest BCUT2D eigenvalue weighted by Crippen LogP contribution is -2.35. The van der Waals surface area contributed by atoms with Crippen LogP contribution in [-0.2, 0) is 14.5 Å². The quantitative estimate of drug-likeness (QED) is 0.791. The highest BCUT2D eigenvalue weighted by Crippen LogP contribution is 2.26. The van der Waals surface area contributed by atoms with Crippen LogP contribution in [0.2, 0.25) is 4.34 Å². The number of oxime groups is 1. The van der Waals surface area contributed by atoms with Gasteiger partial charge in [-0.1, -0.05) is 16.8 Å². The molecule has 1 aromatic rings. The molecule has 2 heterocycles. The molecule has 0 saturated heterocycles. The Bertz CT molecular complexity index is 460. The number of nitrogens with zero attached hydrogens (tertiary/aromatic N) is 2. The van der Waals surface area contributed by atoms with Crippen molar-refractivity contribution in [1.29, 1.82) is 0 Å². The predicted octanol–water partition coefficient (Wildman–Crippen LogP) is 1.91. The van der Waals surface area contributed by atoms with Crippen LogP contribution >= 0.6 is 22.9 Å². The van der Waals surface area contributed by atoms with E-state index in [2.05, 4.69) is 5.16 Å². The van der Waals surface area contributed by atoms with E-state index in [1.807, 2.05) is 6.07 Å². The van der Waals surface area contributed by atoms with Crippen LogP contribution in [0.1, 0.15) is 11.3 Å². The zero-order chi connectivity index (χ0) is 12.4. The largest absolute Gasteiger partial charge is 0.382 e. The maximum Gasteiger partial charge on any atom is 0.290 e. The van der Waals surface area contributed by atoms with Gasteiger partial charge in [0, 0.05) is 13.5 Å². The standard InChI is InChI=1S/C10H11ClN2O3S/c1-13(15-2)10(14)7-5-6(12-16-7)8-3-4-9(11)17-8/h3-4,7H,5H2,1-2H3/t7-/m0/s1. The molecule has 92 valence electrons. The second kappa shape index (κ2) is 5.03. The molecule has 0 radical (unpaired) electrons. The summed E-state index contributed by atoms with van der Waals surface area (Å²) in [6.07, 6.45) is -0.181. The highest BCUT2D eigenvalue weighted by atomic mass is 35.5. The van der Waals surface area contributed by atoms with Gasteiger partial charge in [-0.2, -0.15) is 0 Å². The highest BCUT2D eigenvalue weighted by Gasteiger charge is 2.31. The Morgan fingerprint density at radius 2 is 2.47 bits per heavy atom. The average molecular weight is 275 g/mol. The molecule has 0 N–H and O–H groups in total. The van der Waals surface area contributed by atoms with E-state index in [1.165, 1.54) is 25.5 Å². The predicted molar refractivity (Wildman–Crippen MR) is 65.1 cm³/mol. The number of amides is 1. The third kappa shape index (κ3) is 2.59. The number of hydroxylamine groups is 2. The number of rotatable bonds is 3. The van der Waals surface area contributed by atoms with Crippen molar-refractivity contribution in [3.8, 4) is 0 Å². The minimum atomic E-state index is -0.615. The Hall–Kier alpha value is -1.11. The van der Waals surface area contributed by atoms with E-state index < -0.39 is 6.10 Å². The van der Waals surface area contributed by atoms with Crippen molar-refractivity contribution < 1.29 is 14.5 Å². The average Bonchev–Trinajstić information content (AvgIpc) is 2.95. The van der Waals surface area contributed by atoms with Gasteiger partial charge in [0.2, 0.25) is 6.10 Å². The Kier molecular flexibility index (Phi) is 3.66. The summed E-state index contributed by atoms with van der Waals surface area (Å²) in [5.41, 5.74) is 0.741.